The number of aliphatic hydroxyl groups is 15. The van der Waals surface area contributed by atoms with Crippen molar-refractivity contribution in [3.05, 3.63) is 0 Å². The molecule has 5 aliphatic rings. The van der Waals surface area contributed by atoms with Gasteiger partial charge in [-0.1, -0.05) is 0 Å². The predicted molar refractivity (Wildman–Crippen MR) is 190 cm³/mol. The van der Waals surface area contributed by atoms with E-state index in [1.807, 2.05) is 0 Å². The second-order valence-electron chi connectivity index (χ2n) is 15.4. The summed E-state index contributed by atoms with van der Waals surface area (Å²) in [6.45, 7) is -2.46. The number of hydrogen-bond acceptors (Lipinski definition) is 26. The maximum Gasteiger partial charge on any atom is 0.217 e. The van der Waals surface area contributed by atoms with E-state index in [1.54, 1.807) is 0 Å². The molecular formula is C34H58N2O26. The van der Waals surface area contributed by atoms with Crippen molar-refractivity contribution in [3.8, 4) is 0 Å². The fraction of sp³-hybridized carbons (Fsp3) is 0.941. The van der Waals surface area contributed by atoms with E-state index in [4.69, 9.17) is 42.6 Å². The van der Waals surface area contributed by atoms with E-state index in [0.717, 1.165) is 13.8 Å². The summed E-state index contributed by atoms with van der Waals surface area (Å²) in [4.78, 5) is 24.1. The van der Waals surface area contributed by atoms with Crippen LogP contribution in [0.2, 0.25) is 0 Å². The summed E-state index contributed by atoms with van der Waals surface area (Å²) >= 11 is 0. The van der Waals surface area contributed by atoms with Gasteiger partial charge in [0, 0.05) is 13.8 Å². The van der Waals surface area contributed by atoms with Crippen molar-refractivity contribution >= 4 is 11.8 Å². The third kappa shape index (κ3) is 10.8. The Morgan fingerprint density at radius 2 is 0.742 bits per heavy atom. The SMILES string of the molecule is CC(=O)N[C@@H]1[C@@H](O)[C@H](O[C@H]2O[C@H](CO)[C@@H](O[C@@H]3O[C@H](CO)[C@@H](O)[C@H](O[C@@H]4O[C@H](CO)[C@@H](O[C@@H]5O[C@H](CO)[C@@H](O)[C@H](O)[C@@H]5O)[C@H](O)[C@@H]4O)[C@@H]3O)[C@H](O)[C@H]2NC(C)=O)[C@@H](CO)O[C@H]1O. The molecule has 28 nitrogen and oxygen atoms in total. The summed E-state index contributed by atoms with van der Waals surface area (Å²) in [6.07, 6.45) is -42.0. The van der Waals surface area contributed by atoms with Gasteiger partial charge < -0.3 is 130 Å². The quantitative estimate of drug-likeness (QED) is 0.0725. The summed E-state index contributed by atoms with van der Waals surface area (Å²) in [5.74, 6) is -1.46. The van der Waals surface area contributed by atoms with E-state index in [0.29, 0.717) is 0 Å². The van der Waals surface area contributed by atoms with Crippen LogP contribution in [-0.4, -0.2) is 275 Å². The molecule has 2 amide bonds. The molecule has 0 aromatic heterocycles. The average Bonchev–Trinajstić information content (AvgIpc) is 3.23. The van der Waals surface area contributed by atoms with Crippen molar-refractivity contribution < 1.29 is 129 Å². The zero-order valence-electron chi connectivity index (χ0n) is 33.2. The number of aliphatic hydroxyl groups excluding tert-OH is 15. The van der Waals surface area contributed by atoms with Gasteiger partial charge >= 0.3 is 0 Å². The molecule has 28 heteroatoms. The van der Waals surface area contributed by atoms with Gasteiger partial charge in [0.15, 0.2) is 31.5 Å². The highest BCUT2D eigenvalue weighted by Gasteiger charge is 2.57. The van der Waals surface area contributed by atoms with Crippen molar-refractivity contribution in [2.45, 2.75) is 167 Å². The number of hydrogen-bond donors (Lipinski definition) is 17. The first-order chi connectivity index (χ1) is 29.3. The molecule has 25 atom stereocenters. The molecular weight excluding hydrogens is 852 g/mol. The molecule has 5 aliphatic heterocycles. The van der Waals surface area contributed by atoms with Gasteiger partial charge in [0.25, 0.3) is 0 Å². The topological polar surface area (TPSA) is 445 Å². The maximum atomic E-state index is 12.4. The monoisotopic (exact) mass is 910 g/mol. The number of nitrogens with one attached hydrogen (secondary N) is 2. The van der Waals surface area contributed by atoms with Gasteiger partial charge in [-0.05, 0) is 0 Å². The van der Waals surface area contributed by atoms with Crippen LogP contribution in [0.25, 0.3) is 0 Å². The highest BCUT2D eigenvalue weighted by molar-refractivity contribution is 5.73. The summed E-state index contributed by atoms with van der Waals surface area (Å²) < 4.78 is 50.6. The molecule has 5 heterocycles. The van der Waals surface area contributed by atoms with E-state index in [-0.39, 0.29) is 0 Å². The van der Waals surface area contributed by atoms with Gasteiger partial charge in [0.05, 0.1) is 33.0 Å². The minimum atomic E-state index is -2.15. The molecule has 0 aliphatic carbocycles. The molecule has 5 saturated heterocycles. The number of carbonyl (C=O) groups is 2. The van der Waals surface area contributed by atoms with E-state index in [9.17, 15) is 86.2 Å². The lowest BCUT2D eigenvalue weighted by Crippen LogP contribution is -2.70. The highest BCUT2D eigenvalue weighted by Crippen LogP contribution is 2.35. The molecule has 62 heavy (non-hydrogen) atoms. The van der Waals surface area contributed by atoms with Crippen LogP contribution >= 0.6 is 0 Å². The first-order valence-electron chi connectivity index (χ1n) is 19.6. The predicted octanol–water partition coefficient (Wildman–Crippen LogP) is -11.6. The van der Waals surface area contributed by atoms with E-state index in [1.165, 1.54) is 0 Å². The molecule has 17 N–H and O–H groups in total. The Labute approximate surface area is 351 Å². The van der Waals surface area contributed by atoms with E-state index in [2.05, 4.69) is 10.6 Å². The molecule has 360 valence electrons. The van der Waals surface area contributed by atoms with Crippen molar-refractivity contribution in [3.63, 3.8) is 0 Å². The van der Waals surface area contributed by atoms with Gasteiger partial charge in [0.1, 0.15) is 122 Å². The van der Waals surface area contributed by atoms with Crippen LogP contribution in [-0.2, 0) is 52.2 Å². The second kappa shape index (κ2) is 22.0. The van der Waals surface area contributed by atoms with Crippen molar-refractivity contribution in [2.75, 3.05) is 33.0 Å². The maximum absolute atomic E-state index is 12.4. The minimum Gasteiger partial charge on any atom is -0.394 e. The summed E-state index contributed by atoms with van der Waals surface area (Å²) in [6, 6.07) is -3.14. The van der Waals surface area contributed by atoms with Crippen molar-refractivity contribution in [1.82, 2.24) is 10.6 Å². The first-order valence-corrected chi connectivity index (χ1v) is 19.6. The van der Waals surface area contributed by atoms with Crippen LogP contribution in [0.1, 0.15) is 13.8 Å². The summed E-state index contributed by atoms with van der Waals surface area (Å²) in [5.41, 5.74) is 0. The van der Waals surface area contributed by atoms with Crippen LogP contribution in [0, 0.1) is 0 Å². The Bertz CT molecular complexity index is 1440. The molecule has 0 aromatic rings. The molecule has 0 spiro atoms. The Kier molecular flexibility index (Phi) is 18.1. The van der Waals surface area contributed by atoms with Crippen molar-refractivity contribution in [2.24, 2.45) is 0 Å². The number of carbonyl (C=O) groups excluding carboxylic acids is 2. The van der Waals surface area contributed by atoms with Gasteiger partial charge in [-0.2, -0.15) is 0 Å². The minimum absolute atomic E-state index is 0.683. The Morgan fingerprint density at radius 1 is 0.387 bits per heavy atom. The first kappa shape index (κ1) is 51.0. The molecule has 5 fully saturated rings. The zero-order chi connectivity index (χ0) is 45.9. The fourth-order valence-corrected chi connectivity index (χ4v) is 7.84. The Balaban J connectivity index is 1.32. The molecule has 5 rings (SSSR count). The van der Waals surface area contributed by atoms with Crippen molar-refractivity contribution in [1.29, 1.82) is 0 Å². The Hall–Kier alpha value is -2.02. The standard InChI is InChI=1S/C34H58N2O26/c1-8(42)35-15-19(46)26(12(5-39)54-30(15)53)59-31-16(36-9(2)43)20(47)27(13(6-40)57-31)60-34-25(52)29(18(45)11(4-38)56-34)62-33-24(51)22(49)28(14(7-41)58-33)61-32-23(50)21(48)17(44)10(3-37)55-32/h10-34,37-41,44-53H,3-7H2,1-2H3,(H,35,42)(H,36,43)/t10-,11-,12-,13-,14-,15-,16-,17-,18-,19-,20-,21+,22-,23+,24+,25+,26-,27-,28-,29+,30-,31-,32+,33+,34+/m1/s1. The molecule has 0 unspecified atom stereocenters. The lowest BCUT2D eigenvalue weighted by atomic mass is 9.94. The number of ether oxygens (including phenoxy) is 9. The van der Waals surface area contributed by atoms with Gasteiger partial charge in [-0.15, -0.1) is 0 Å². The third-order valence-corrected chi connectivity index (χ3v) is 11.1. The van der Waals surface area contributed by atoms with E-state index < -0.39 is 198 Å². The van der Waals surface area contributed by atoms with Crippen LogP contribution in [0.15, 0.2) is 0 Å². The van der Waals surface area contributed by atoms with Gasteiger partial charge in [0.2, 0.25) is 11.8 Å². The Morgan fingerprint density at radius 3 is 1.24 bits per heavy atom. The molecule has 0 bridgehead atoms. The molecule has 0 saturated carbocycles. The normalized spacial score (nSPS) is 49.0. The highest BCUT2D eigenvalue weighted by atomic mass is 16.8. The van der Waals surface area contributed by atoms with Gasteiger partial charge in [-0.25, -0.2) is 0 Å². The lowest BCUT2D eigenvalue weighted by molar-refractivity contribution is -0.388. The lowest BCUT2D eigenvalue weighted by Gasteiger charge is -2.50. The fourth-order valence-electron chi connectivity index (χ4n) is 7.84. The third-order valence-electron chi connectivity index (χ3n) is 11.1. The largest absolute Gasteiger partial charge is 0.394 e. The van der Waals surface area contributed by atoms with Crippen LogP contribution in [0.3, 0.4) is 0 Å². The number of rotatable bonds is 15. The molecule has 0 aromatic carbocycles. The van der Waals surface area contributed by atoms with Crippen LogP contribution in [0.4, 0.5) is 0 Å². The summed E-state index contributed by atoms with van der Waals surface area (Å²) in [7, 11) is 0. The second-order valence-corrected chi connectivity index (χ2v) is 15.4. The van der Waals surface area contributed by atoms with Gasteiger partial charge in [-0.3, -0.25) is 9.59 Å². The summed E-state index contributed by atoms with van der Waals surface area (Å²) in [5, 5.41) is 163. The zero-order valence-corrected chi connectivity index (χ0v) is 33.2. The number of amides is 2. The average molecular weight is 911 g/mol. The van der Waals surface area contributed by atoms with Crippen LogP contribution in [0.5, 0.6) is 0 Å². The van der Waals surface area contributed by atoms with Crippen LogP contribution < -0.4 is 10.6 Å². The smallest absolute Gasteiger partial charge is 0.217 e. The van der Waals surface area contributed by atoms with E-state index >= 15 is 0 Å². The molecule has 0 radical (unpaired) electrons.